The van der Waals surface area contributed by atoms with Gasteiger partial charge in [0.1, 0.15) is 5.75 Å². The maximum Gasteiger partial charge on any atom is 0.192 e. The monoisotopic (exact) mass is 377 g/mol. The molecule has 2 aromatic carbocycles. The highest BCUT2D eigenvalue weighted by Gasteiger charge is 2.24. The standard InChI is InChI=1S/C22H23N3OS/c1-3-15-25-21(18-12-6-7-13-19(18)26-2)23-24-22(25)27-20-14-8-10-16-9-4-5-11-17(16)20/h3-7,9,11-13,20H,1,8,10,14-15H2,2H3. The molecule has 4 rings (SSSR count). The molecule has 0 bridgehead atoms. The average molecular weight is 378 g/mol. The number of aryl methyl sites for hydroxylation is 1. The van der Waals surface area contributed by atoms with Crippen molar-refractivity contribution in [2.75, 3.05) is 7.11 Å². The molecule has 1 aliphatic carbocycles. The van der Waals surface area contributed by atoms with Gasteiger partial charge in [-0.05, 0) is 42.5 Å². The summed E-state index contributed by atoms with van der Waals surface area (Å²) < 4.78 is 7.66. The number of nitrogens with zero attached hydrogens (tertiary/aromatic N) is 3. The number of benzene rings is 2. The summed E-state index contributed by atoms with van der Waals surface area (Å²) in [5.41, 5.74) is 3.84. The summed E-state index contributed by atoms with van der Waals surface area (Å²) in [6.45, 7) is 4.58. The van der Waals surface area contributed by atoms with Crippen LogP contribution in [0, 0.1) is 0 Å². The molecule has 1 atom stereocenters. The maximum atomic E-state index is 5.52. The third kappa shape index (κ3) is 3.52. The van der Waals surface area contributed by atoms with E-state index in [-0.39, 0.29) is 0 Å². The number of para-hydroxylation sites is 1. The number of fused-ring (bicyclic) bond motifs is 1. The van der Waals surface area contributed by atoms with Crippen LogP contribution < -0.4 is 4.74 Å². The molecule has 0 fully saturated rings. The van der Waals surface area contributed by atoms with Crippen LogP contribution in [-0.2, 0) is 13.0 Å². The molecule has 1 aromatic heterocycles. The van der Waals surface area contributed by atoms with E-state index in [0.29, 0.717) is 11.8 Å². The zero-order valence-electron chi connectivity index (χ0n) is 15.5. The predicted molar refractivity (Wildman–Crippen MR) is 110 cm³/mol. The lowest BCUT2D eigenvalue weighted by atomic mass is 9.91. The van der Waals surface area contributed by atoms with Gasteiger partial charge >= 0.3 is 0 Å². The van der Waals surface area contributed by atoms with E-state index in [9.17, 15) is 0 Å². The minimum absolute atomic E-state index is 0.410. The molecule has 0 amide bonds. The first-order valence-corrected chi connectivity index (χ1v) is 10.1. The summed E-state index contributed by atoms with van der Waals surface area (Å²) in [5.74, 6) is 1.62. The molecule has 138 valence electrons. The molecular formula is C22H23N3OS. The van der Waals surface area contributed by atoms with E-state index in [1.165, 1.54) is 24.0 Å². The average Bonchev–Trinajstić information content (AvgIpc) is 3.11. The third-order valence-corrected chi connectivity index (χ3v) is 6.23. The third-order valence-electron chi connectivity index (χ3n) is 4.94. The van der Waals surface area contributed by atoms with Gasteiger partial charge < -0.3 is 4.74 Å². The number of methoxy groups -OCH3 is 1. The van der Waals surface area contributed by atoms with E-state index in [4.69, 9.17) is 4.74 Å². The van der Waals surface area contributed by atoms with Crippen molar-refractivity contribution in [1.82, 2.24) is 14.8 Å². The molecule has 27 heavy (non-hydrogen) atoms. The molecule has 5 heteroatoms. The van der Waals surface area contributed by atoms with Crippen molar-refractivity contribution in [1.29, 1.82) is 0 Å². The van der Waals surface area contributed by atoms with Crippen LogP contribution in [0.25, 0.3) is 11.4 Å². The second-order valence-electron chi connectivity index (χ2n) is 6.60. The van der Waals surface area contributed by atoms with Crippen LogP contribution in [0.3, 0.4) is 0 Å². The van der Waals surface area contributed by atoms with Gasteiger partial charge in [0, 0.05) is 11.8 Å². The minimum atomic E-state index is 0.410. The van der Waals surface area contributed by atoms with Gasteiger partial charge in [-0.15, -0.1) is 16.8 Å². The Morgan fingerprint density at radius 2 is 2.00 bits per heavy atom. The number of allylic oxidation sites excluding steroid dienone is 1. The first-order chi connectivity index (χ1) is 13.3. The lowest BCUT2D eigenvalue weighted by Crippen LogP contribution is -2.08. The van der Waals surface area contributed by atoms with Crippen molar-refractivity contribution in [2.24, 2.45) is 0 Å². The highest BCUT2D eigenvalue weighted by atomic mass is 32.2. The topological polar surface area (TPSA) is 39.9 Å². The smallest absolute Gasteiger partial charge is 0.192 e. The fourth-order valence-electron chi connectivity index (χ4n) is 3.66. The minimum Gasteiger partial charge on any atom is -0.496 e. The van der Waals surface area contributed by atoms with E-state index in [0.717, 1.165) is 28.7 Å². The summed E-state index contributed by atoms with van der Waals surface area (Å²) in [5, 5.41) is 10.4. The summed E-state index contributed by atoms with van der Waals surface area (Å²) in [4.78, 5) is 0. The van der Waals surface area contributed by atoms with Crippen molar-refractivity contribution in [3.8, 4) is 17.1 Å². The van der Waals surface area contributed by atoms with Crippen molar-refractivity contribution >= 4 is 11.8 Å². The van der Waals surface area contributed by atoms with Gasteiger partial charge in [0.25, 0.3) is 0 Å². The van der Waals surface area contributed by atoms with Crippen LogP contribution in [0.4, 0.5) is 0 Å². The first-order valence-electron chi connectivity index (χ1n) is 9.23. The van der Waals surface area contributed by atoms with Gasteiger partial charge in [-0.1, -0.05) is 54.2 Å². The Hall–Kier alpha value is -2.53. The Bertz CT molecular complexity index is 950. The summed E-state index contributed by atoms with van der Waals surface area (Å²) >= 11 is 1.80. The van der Waals surface area contributed by atoms with Crippen LogP contribution >= 0.6 is 11.8 Å². The molecule has 0 N–H and O–H groups in total. The SMILES string of the molecule is C=CCn1c(SC2CCCc3ccccc32)nnc1-c1ccccc1OC. The van der Waals surface area contributed by atoms with E-state index < -0.39 is 0 Å². The molecule has 3 aromatic rings. The van der Waals surface area contributed by atoms with E-state index >= 15 is 0 Å². The highest BCUT2D eigenvalue weighted by molar-refractivity contribution is 7.99. The largest absolute Gasteiger partial charge is 0.496 e. The summed E-state index contributed by atoms with van der Waals surface area (Å²) in [6, 6.07) is 16.7. The summed E-state index contributed by atoms with van der Waals surface area (Å²) in [6.07, 6.45) is 5.43. The lowest BCUT2D eigenvalue weighted by molar-refractivity contribution is 0.416. The molecular weight excluding hydrogens is 354 g/mol. The number of ether oxygens (including phenoxy) is 1. The second-order valence-corrected chi connectivity index (χ2v) is 7.77. The molecule has 1 aliphatic rings. The van der Waals surface area contributed by atoms with Crippen LogP contribution in [-0.4, -0.2) is 21.9 Å². The number of aromatic nitrogens is 3. The Balaban J connectivity index is 1.71. The van der Waals surface area contributed by atoms with Gasteiger partial charge in [-0.25, -0.2) is 0 Å². The highest BCUT2D eigenvalue weighted by Crippen LogP contribution is 2.43. The number of hydrogen-bond donors (Lipinski definition) is 0. The van der Waals surface area contributed by atoms with Crippen LogP contribution in [0.5, 0.6) is 5.75 Å². The molecule has 0 saturated carbocycles. The maximum absolute atomic E-state index is 5.52. The molecule has 1 heterocycles. The fraction of sp³-hybridized carbons (Fsp3) is 0.273. The molecule has 0 aliphatic heterocycles. The normalized spacial score (nSPS) is 16.0. The van der Waals surface area contributed by atoms with Gasteiger partial charge in [0.15, 0.2) is 11.0 Å². The second kappa shape index (κ2) is 8.01. The fourth-order valence-corrected chi connectivity index (χ4v) is 4.93. The van der Waals surface area contributed by atoms with Gasteiger partial charge in [0.05, 0.1) is 12.7 Å². The lowest BCUT2D eigenvalue weighted by Gasteiger charge is -2.24. The van der Waals surface area contributed by atoms with E-state index in [1.54, 1.807) is 18.9 Å². The number of hydrogen-bond acceptors (Lipinski definition) is 4. The van der Waals surface area contributed by atoms with E-state index in [1.807, 2.05) is 30.3 Å². The Morgan fingerprint density at radius 1 is 1.19 bits per heavy atom. The first kappa shape index (κ1) is 17.9. The number of rotatable bonds is 6. The van der Waals surface area contributed by atoms with Crippen LogP contribution in [0.15, 0.2) is 66.3 Å². The number of thioether (sulfide) groups is 1. The van der Waals surface area contributed by atoms with E-state index in [2.05, 4.69) is 45.6 Å². The van der Waals surface area contributed by atoms with Gasteiger partial charge in [0.2, 0.25) is 0 Å². The Labute approximate surface area is 164 Å². The van der Waals surface area contributed by atoms with Gasteiger partial charge in [-0.2, -0.15) is 0 Å². The zero-order chi connectivity index (χ0) is 18.6. The molecule has 4 nitrogen and oxygen atoms in total. The quantitative estimate of drug-likeness (QED) is 0.546. The van der Waals surface area contributed by atoms with Crippen LogP contribution in [0.1, 0.15) is 29.2 Å². The van der Waals surface area contributed by atoms with Crippen LogP contribution in [0.2, 0.25) is 0 Å². The van der Waals surface area contributed by atoms with Crippen molar-refractivity contribution in [3.05, 3.63) is 72.3 Å². The van der Waals surface area contributed by atoms with Crippen molar-refractivity contribution in [3.63, 3.8) is 0 Å². The Kier molecular flexibility index (Phi) is 5.30. The van der Waals surface area contributed by atoms with Crippen molar-refractivity contribution in [2.45, 2.75) is 36.2 Å². The molecule has 0 saturated heterocycles. The molecule has 0 spiro atoms. The Morgan fingerprint density at radius 3 is 2.85 bits per heavy atom. The zero-order valence-corrected chi connectivity index (χ0v) is 16.3. The van der Waals surface area contributed by atoms with Gasteiger partial charge in [-0.3, -0.25) is 4.57 Å². The van der Waals surface area contributed by atoms with Crippen molar-refractivity contribution < 1.29 is 4.74 Å². The molecule has 1 unspecified atom stereocenters. The predicted octanol–water partition coefficient (Wildman–Crippen LogP) is 5.31. The summed E-state index contributed by atoms with van der Waals surface area (Å²) in [7, 11) is 1.68. The molecule has 0 radical (unpaired) electrons.